The molecule has 3 rings (SSSR count). The van der Waals surface area contributed by atoms with E-state index < -0.39 is 11.8 Å². The summed E-state index contributed by atoms with van der Waals surface area (Å²) in [5.74, 6) is -1.04. The first-order valence-corrected chi connectivity index (χ1v) is 10.2. The maximum absolute atomic E-state index is 12.3. The van der Waals surface area contributed by atoms with E-state index in [1.807, 2.05) is 32.0 Å². The lowest BCUT2D eigenvalue weighted by atomic mass is 10.1. The first-order chi connectivity index (χ1) is 15.4. The van der Waals surface area contributed by atoms with Crippen molar-refractivity contribution < 1.29 is 23.9 Å². The van der Waals surface area contributed by atoms with Gasteiger partial charge >= 0.3 is 11.8 Å². The molecule has 0 heterocycles. The van der Waals surface area contributed by atoms with E-state index in [0.717, 1.165) is 29.7 Å². The van der Waals surface area contributed by atoms with Crippen LogP contribution in [0.3, 0.4) is 0 Å². The van der Waals surface area contributed by atoms with Gasteiger partial charge in [-0.25, -0.2) is 5.43 Å². The summed E-state index contributed by atoms with van der Waals surface area (Å²) in [5, 5.41) is 9.23. The Morgan fingerprint density at radius 2 is 1.78 bits per heavy atom. The van der Waals surface area contributed by atoms with E-state index in [1.54, 1.807) is 18.2 Å². The minimum Gasteiger partial charge on any atom is -0.493 e. The molecule has 0 atom stereocenters. The average Bonchev–Trinajstić information content (AvgIpc) is 3.59. The number of amides is 3. The molecule has 1 aliphatic rings. The van der Waals surface area contributed by atoms with Gasteiger partial charge in [0.15, 0.2) is 18.1 Å². The average molecular weight is 438 g/mol. The van der Waals surface area contributed by atoms with Gasteiger partial charge in [0.25, 0.3) is 5.91 Å². The van der Waals surface area contributed by atoms with Gasteiger partial charge in [0.1, 0.15) is 0 Å². The van der Waals surface area contributed by atoms with Crippen LogP contribution in [0.4, 0.5) is 5.69 Å². The second-order valence-corrected chi connectivity index (χ2v) is 7.46. The molecule has 0 radical (unpaired) electrons. The van der Waals surface area contributed by atoms with Gasteiger partial charge in [0.2, 0.25) is 0 Å². The number of nitrogens with one attached hydrogen (secondary N) is 3. The SMILES string of the molecule is COc1cc(/C=N\NC(=O)C(=O)NC2CC2)ccc1OCC(=O)Nc1c(C)cccc1C. The molecule has 3 amide bonds. The summed E-state index contributed by atoms with van der Waals surface area (Å²) in [6.07, 6.45) is 3.16. The third-order valence-corrected chi connectivity index (χ3v) is 4.79. The molecule has 0 saturated heterocycles. The van der Waals surface area contributed by atoms with Crippen molar-refractivity contribution in [3.05, 3.63) is 53.1 Å². The lowest BCUT2D eigenvalue weighted by Crippen LogP contribution is -2.38. The van der Waals surface area contributed by atoms with Gasteiger partial charge in [0.05, 0.1) is 13.3 Å². The van der Waals surface area contributed by atoms with Crippen LogP contribution in [0.25, 0.3) is 0 Å². The van der Waals surface area contributed by atoms with Crippen LogP contribution in [0, 0.1) is 13.8 Å². The van der Waals surface area contributed by atoms with Crippen LogP contribution in [0.1, 0.15) is 29.5 Å². The first kappa shape index (κ1) is 22.8. The number of aryl methyl sites for hydroxylation is 2. The molecule has 0 bridgehead atoms. The highest BCUT2D eigenvalue weighted by Crippen LogP contribution is 2.28. The minimum atomic E-state index is -0.824. The number of ether oxygens (including phenoxy) is 2. The van der Waals surface area contributed by atoms with Crippen molar-refractivity contribution in [3.8, 4) is 11.5 Å². The molecule has 0 unspecified atom stereocenters. The molecule has 32 heavy (non-hydrogen) atoms. The van der Waals surface area contributed by atoms with Gasteiger partial charge in [-0.1, -0.05) is 18.2 Å². The third-order valence-electron chi connectivity index (χ3n) is 4.79. The molecule has 2 aromatic carbocycles. The Labute approximate surface area is 186 Å². The summed E-state index contributed by atoms with van der Waals surface area (Å²) >= 11 is 0. The zero-order chi connectivity index (χ0) is 23.1. The number of para-hydroxylation sites is 1. The number of hydrogen-bond acceptors (Lipinski definition) is 6. The number of hydrogen-bond donors (Lipinski definition) is 3. The molecule has 9 nitrogen and oxygen atoms in total. The van der Waals surface area contributed by atoms with E-state index in [2.05, 4.69) is 21.2 Å². The van der Waals surface area contributed by atoms with Gasteiger partial charge in [-0.3, -0.25) is 14.4 Å². The van der Waals surface area contributed by atoms with Crippen molar-refractivity contribution in [2.45, 2.75) is 32.7 Å². The first-order valence-electron chi connectivity index (χ1n) is 10.2. The highest BCUT2D eigenvalue weighted by Gasteiger charge is 2.26. The van der Waals surface area contributed by atoms with Crippen LogP contribution < -0.4 is 25.5 Å². The van der Waals surface area contributed by atoms with Crippen LogP contribution in [0.15, 0.2) is 41.5 Å². The smallest absolute Gasteiger partial charge is 0.329 e. The van der Waals surface area contributed by atoms with Gasteiger partial charge in [-0.15, -0.1) is 0 Å². The van der Waals surface area contributed by atoms with Gasteiger partial charge < -0.3 is 20.1 Å². The highest BCUT2D eigenvalue weighted by molar-refractivity contribution is 6.35. The van der Waals surface area contributed by atoms with Gasteiger partial charge in [0, 0.05) is 11.7 Å². The largest absolute Gasteiger partial charge is 0.493 e. The Hall–Kier alpha value is -3.88. The second-order valence-electron chi connectivity index (χ2n) is 7.46. The summed E-state index contributed by atoms with van der Waals surface area (Å²) < 4.78 is 10.9. The third kappa shape index (κ3) is 6.31. The quantitative estimate of drug-likeness (QED) is 0.331. The van der Waals surface area contributed by atoms with Crippen molar-refractivity contribution in [2.75, 3.05) is 19.0 Å². The van der Waals surface area contributed by atoms with Crippen LogP contribution in [-0.2, 0) is 14.4 Å². The summed E-state index contributed by atoms with van der Waals surface area (Å²) in [7, 11) is 1.48. The molecule has 3 N–H and O–H groups in total. The number of carbonyl (C=O) groups is 3. The maximum atomic E-state index is 12.3. The molecular weight excluding hydrogens is 412 g/mol. The lowest BCUT2D eigenvalue weighted by molar-refractivity contribution is -0.139. The van der Waals surface area contributed by atoms with E-state index in [4.69, 9.17) is 9.47 Å². The monoisotopic (exact) mass is 438 g/mol. The zero-order valence-electron chi connectivity index (χ0n) is 18.2. The summed E-state index contributed by atoms with van der Waals surface area (Å²) in [4.78, 5) is 35.6. The number of anilines is 1. The molecule has 1 saturated carbocycles. The molecule has 9 heteroatoms. The van der Waals surface area contributed by atoms with E-state index in [9.17, 15) is 14.4 Å². The fourth-order valence-corrected chi connectivity index (χ4v) is 2.91. The number of rotatable bonds is 8. The van der Waals surface area contributed by atoms with E-state index in [-0.39, 0.29) is 18.6 Å². The number of nitrogens with zero attached hydrogens (tertiary/aromatic N) is 1. The molecule has 1 fully saturated rings. The molecular formula is C23H26N4O5. The number of benzene rings is 2. The van der Waals surface area contributed by atoms with Crippen molar-refractivity contribution in [2.24, 2.45) is 5.10 Å². The molecule has 0 aromatic heterocycles. The van der Waals surface area contributed by atoms with Crippen LogP contribution in [-0.4, -0.2) is 43.7 Å². The predicted molar refractivity (Wildman–Crippen MR) is 120 cm³/mol. The van der Waals surface area contributed by atoms with Crippen molar-refractivity contribution in [1.82, 2.24) is 10.7 Å². The zero-order valence-corrected chi connectivity index (χ0v) is 18.2. The normalized spacial score (nSPS) is 12.8. The summed E-state index contributed by atoms with van der Waals surface area (Å²) in [6, 6.07) is 10.8. The molecule has 2 aromatic rings. The number of carbonyl (C=O) groups excluding carboxylic acids is 3. The second kappa shape index (κ2) is 10.4. The van der Waals surface area contributed by atoms with Crippen LogP contribution >= 0.6 is 0 Å². The van der Waals surface area contributed by atoms with Crippen LogP contribution in [0.2, 0.25) is 0 Å². The fourth-order valence-electron chi connectivity index (χ4n) is 2.91. The Morgan fingerprint density at radius 1 is 1.06 bits per heavy atom. The van der Waals surface area contributed by atoms with E-state index >= 15 is 0 Å². The van der Waals surface area contributed by atoms with Crippen molar-refractivity contribution >= 4 is 29.6 Å². The Morgan fingerprint density at radius 3 is 2.44 bits per heavy atom. The topological polar surface area (TPSA) is 118 Å². The highest BCUT2D eigenvalue weighted by atomic mass is 16.5. The minimum absolute atomic E-state index is 0.0943. The van der Waals surface area contributed by atoms with Crippen molar-refractivity contribution in [1.29, 1.82) is 0 Å². The number of methoxy groups -OCH3 is 1. The molecule has 0 spiro atoms. The standard InChI is InChI=1S/C23H26N4O5/c1-14-5-4-6-15(2)21(14)26-20(28)13-32-18-10-7-16(11-19(18)31-3)12-24-27-23(30)22(29)25-17-8-9-17/h4-7,10-12,17H,8-9,13H2,1-3H3,(H,25,29)(H,26,28)(H,27,30)/b24-12-. The van der Waals surface area contributed by atoms with E-state index in [1.165, 1.54) is 13.3 Å². The lowest BCUT2D eigenvalue weighted by Gasteiger charge is -2.13. The Balaban J connectivity index is 1.54. The van der Waals surface area contributed by atoms with E-state index in [0.29, 0.717) is 17.1 Å². The van der Waals surface area contributed by atoms with Gasteiger partial charge in [-0.05, 0) is 61.6 Å². The Bertz CT molecular complexity index is 1030. The number of hydrazone groups is 1. The molecule has 0 aliphatic heterocycles. The molecule has 1 aliphatic carbocycles. The molecule has 168 valence electrons. The summed E-state index contributed by atoms with van der Waals surface area (Å²) in [6.45, 7) is 3.66. The summed E-state index contributed by atoms with van der Waals surface area (Å²) in [5.41, 5.74) is 5.50. The van der Waals surface area contributed by atoms with Crippen molar-refractivity contribution in [3.63, 3.8) is 0 Å². The fraction of sp³-hybridized carbons (Fsp3) is 0.304. The van der Waals surface area contributed by atoms with Crippen LogP contribution in [0.5, 0.6) is 11.5 Å². The van der Waals surface area contributed by atoms with Gasteiger partial charge in [-0.2, -0.15) is 5.10 Å². The Kier molecular flexibility index (Phi) is 7.43. The predicted octanol–water partition coefficient (Wildman–Crippen LogP) is 2.06. The maximum Gasteiger partial charge on any atom is 0.329 e.